The van der Waals surface area contributed by atoms with Crippen molar-refractivity contribution in [2.45, 2.75) is 20.4 Å². The Kier molecular flexibility index (Phi) is 5.09. The molecule has 0 radical (unpaired) electrons. The summed E-state index contributed by atoms with van der Waals surface area (Å²) in [6.07, 6.45) is 3.29. The highest BCUT2D eigenvalue weighted by molar-refractivity contribution is 5.94. The Morgan fingerprint density at radius 2 is 1.76 bits per heavy atom. The standard InChI is InChI=1S/C21H21N3O/c1-15-7-9-17(10-8-15)12-23-21(25)18-11-19(14-22-13-18)24-20-6-4-3-5-16(20)2/h3-11,13-14,24H,12H2,1-2H3,(H,23,25). The third kappa shape index (κ3) is 4.44. The number of amides is 1. The summed E-state index contributed by atoms with van der Waals surface area (Å²) in [5.41, 5.74) is 5.73. The van der Waals surface area contributed by atoms with E-state index in [2.05, 4.69) is 15.6 Å². The first kappa shape index (κ1) is 16.7. The van der Waals surface area contributed by atoms with Crippen LogP contribution in [0.5, 0.6) is 0 Å². The van der Waals surface area contributed by atoms with Crippen LogP contribution < -0.4 is 10.6 Å². The van der Waals surface area contributed by atoms with Gasteiger partial charge in [0.25, 0.3) is 5.91 Å². The van der Waals surface area contributed by atoms with E-state index >= 15 is 0 Å². The molecule has 0 unspecified atom stereocenters. The van der Waals surface area contributed by atoms with Gasteiger partial charge in [0, 0.05) is 18.4 Å². The molecule has 0 spiro atoms. The summed E-state index contributed by atoms with van der Waals surface area (Å²) in [6.45, 7) is 4.57. The fraction of sp³-hybridized carbons (Fsp3) is 0.143. The summed E-state index contributed by atoms with van der Waals surface area (Å²) in [5, 5.41) is 6.24. The number of carbonyl (C=O) groups excluding carboxylic acids is 1. The van der Waals surface area contributed by atoms with Crippen LogP contribution in [0, 0.1) is 13.8 Å². The monoisotopic (exact) mass is 331 g/mol. The maximum atomic E-state index is 12.4. The number of para-hydroxylation sites is 1. The minimum Gasteiger partial charge on any atom is -0.354 e. The van der Waals surface area contributed by atoms with Crippen LogP contribution in [0.2, 0.25) is 0 Å². The van der Waals surface area contributed by atoms with Gasteiger partial charge in [-0.3, -0.25) is 9.78 Å². The largest absolute Gasteiger partial charge is 0.354 e. The number of carbonyl (C=O) groups is 1. The van der Waals surface area contributed by atoms with Crippen molar-refractivity contribution in [3.8, 4) is 0 Å². The predicted molar refractivity (Wildman–Crippen MR) is 101 cm³/mol. The Morgan fingerprint density at radius 1 is 1.00 bits per heavy atom. The normalized spacial score (nSPS) is 10.3. The number of nitrogens with zero attached hydrogens (tertiary/aromatic N) is 1. The second-order valence-corrected chi connectivity index (χ2v) is 6.07. The lowest BCUT2D eigenvalue weighted by Gasteiger charge is -2.10. The number of anilines is 2. The van der Waals surface area contributed by atoms with E-state index in [1.54, 1.807) is 12.4 Å². The molecule has 1 amide bonds. The van der Waals surface area contributed by atoms with E-state index in [9.17, 15) is 4.79 Å². The van der Waals surface area contributed by atoms with Gasteiger partial charge in [0.2, 0.25) is 0 Å². The highest BCUT2D eigenvalue weighted by atomic mass is 16.1. The molecule has 1 aromatic heterocycles. The second kappa shape index (κ2) is 7.62. The molecular formula is C21H21N3O. The van der Waals surface area contributed by atoms with E-state index in [4.69, 9.17) is 0 Å². The molecule has 0 saturated carbocycles. The lowest BCUT2D eigenvalue weighted by atomic mass is 10.1. The smallest absolute Gasteiger partial charge is 0.253 e. The third-order valence-electron chi connectivity index (χ3n) is 4.00. The highest BCUT2D eigenvalue weighted by Crippen LogP contribution is 2.20. The number of aryl methyl sites for hydroxylation is 2. The summed E-state index contributed by atoms with van der Waals surface area (Å²) in [4.78, 5) is 16.6. The fourth-order valence-electron chi connectivity index (χ4n) is 2.49. The van der Waals surface area contributed by atoms with Crippen molar-refractivity contribution >= 4 is 17.3 Å². The van der Waals surface area contributed by atoms with Crippen LogP contribution >= 0.6 is 0 Å². The molecule has 126 valence electrons. The first-order valence-electron chi connectivity index (χ1n) is 8.23. The molecule has 3 aromatic rings. The highest BCUT2D eigenvalue weighted by Gasteiger charge is 2.07. The number of nitrogens with one attached hydrogen (secondary N) is 2. The Hall–Kier alpha value is -3.14. The summed E-state index contributed by atoms with van der Waals surface area (Å²) >= 11 is 0. The number of hydrogen-bond acceptors (Lipinski definition) is 3. The average Bonchev–Trinajstić information content (AvgIpc) is 2.63. The molecular weight excluding hydrogens is 310 g/mol. The minimum absolute atomic E-state index is 0.137. The van der Waals surface area contributed by atoms with Crippen molar-refractivity contribution in [1.82, 2.24) is 10.3 Å². The van der Waals surface area contributed by atoms with Gasteiger partial charge >= 0.3 is 0 Å². The van der Waals surface area contributed by atoms with Gasteiger partial charge in [-0.1, -0.05) is 48.0 Å². The molecule has 4 heteroatoms. The van der Waals surface area contributed by atoms with E-state index in [0.29, 0.717) is 12.1 Å². The van der Waals surface area contributed by atoms with Gasteiger partial charge < -0.3 is 10.6 Å². The van der Waals surface area contributed by atoms with E-state index < -0.39 is 0 Å². The van der Waals surface area contributed by atoms with E-state index in [0.717, 1.165) is 22.5 Å². The number of hydrogen-bond donors (Lipinski definition) is 2. The summed E-state index contributed by atoms with van der Waals surface area (Å²) in [6, 6.07) is 17.9. The van der Waals surface area contributed by atoms with Crippen molar-refractivity contribution < 1.29 is 4.79 Å². The van der Waals surface area contributed by atoms with Crippen molar-refractivity contribution in [2.75, 3.05) is 5.32 Å². The van der Waals surface area contributed by atoms with E-state index in [-0.39, 0.29) is 5.91 Å². The van der Waals surface area contributed by atoms with Gasteiger partial charge in [0.05, 0.1) is 17.4 Å². The van der Waals surface area contributed by atoms with Gasteiger partial charge in [-0.2, -0.15) is 0 Å². The van der Waals surface area contributed by atoms with E-state index in [1.807, 2.05) is 68.4 Å². The Labute approximate surface area is 147 Å². The summed E-state index contributed by atoms with van der Waals surface area (Å²) < 4.78 is 0. The predicted octanol–water partition coefficient (Wildman–Crippen LogP) is 4.37. The topological polar surface area (TPSA) is 54.0 Å². The molecule has 0 bridgehead atoms. The first-order valence-corrected chi connectivity index (χ1v) is 8.23. The van der Waals surface area contributed by atoms with Gasteiger partial charge in [-0.15, -0.1) is 0 Å². The fourth-order valence-corrected chi connectivity index (χ4v) is 2.49. The second-order valence-electron chi connectivity index (χ2n) is 6.07. The van der Waals surface area contributed by atoms with Crippen LogP contribution in [0.4, 0.5) is 11.4 Å². The number of rotatable bonds is 5. The van der Waals surface area contributed by atoms with Crippen LogP contribution in [0.25, 0.3) is 0 Å². The lowest BCUT2D eigenvalue weighted by molar-refractivity contribution is 0.0950. The average molecular weight is 331 g/mol. The Balaban J connectivity index is 1.67. The molecule has 3 rings (SSSR count). The minimum atomic E-state index is -0.137. The van der Waals surface area contributed by atoms with Crippen LogP contribution in [-0.2, 0) is 6.54 Å². The zero-order valence-corrected chi connectivity index (χ0v) is 14.4. The molecule has 0 saturated heterocycles. The van der Waals surface area contributed by atoms with Gasteiger partial charge in [0.1, 0.15) is 0 Å². The third-order valence-corrected chi connectivity index (χ3v) is 4.00. The van der Waals surface area contributed by atoms with Crippen LogP contribution in [0.3, 0.4) is 0 Å². The first-order chi connectivity index (χ1) is 12.1. The zero-order valence-electron chi connectivity index (χ0n) is 14.4. The molecule has 0 fully saturated rings. The molecule has 2 aromatic carbocycles. The maximum absolute atomic E-state index is 12.4. The van der Waals surface area contributed by atoms with Gasteiger partial charge in [-0.05, 0) is 37.1 Å². The molecule has 2 N–H and O–H groups in total. The van der Waals surface area contributed by atoms with Gasteiger partial charge in [-0.25, -0.2) is 0 Å². The van der Waals surface area contributed by atoms with Crippen LogP contribution in [0.15, 0.2) is 67.0 Å². The van der Waals surface area contributed by atoms with Crippen LogP contribution in [0.1, 0.15) is 27.0 Å². The Bertz CT molecular complexity index is 872. The molecule has 0 aliphatic heterocycles. The zero-order chi connectivity index (χ0) is 17.6. The molecule has 1 heterocycles. The summed E-state index contributed by atoms with van der Waals surface area (Å²) in [5.74, 6) is -0.137. The SMILES string of the molecule is Cc1ccc(CNC(=O)c2cncc(Nc3ccccc3C)c2)cc1. The molecule has 4 nitrogen and oxygen atoms in total. The maximum Gasteiger partial charge on any atom is 0.253 e. The summed E-state index contributed by atoms with van der Waals surface area (Å²) in [7, 11) is 0. The molecule has 0 aliphatic carbocycles. The van der Waals surface area contributed by atoms with E-state index in [1.165, 1.54) is 5.56 Å². The molecule has 0 atom stereocenters. The molecule has 25 heavy (non-hydrogen) atoms. The van der Waals surface area contributed by atoms with Crippen molar-refractivity contribution in [2.24, 2.45) is 0 Å². The number of aromatic nitrogens is 1. The van der Waals surface area contributed by atoms with Crippen molar-refractivity contribution in [1.29, 1.82) is 0 Å². The number of pyridine rings is 1. The quantitative estimate of drug-likeness (QED) is 0.730. The van der Waals surface area contributed by atoms with Crippen LogP contribution in [-0.4, -0.2) is 10.9 Å². The van der Waals surface area contributed by atoms with Crippen molar-refractivity contribution in [3.63, 3.8) is 0 Å². The lowest BCUT2D eigenvalue weighted by Crippen LogP contribution is -2.23. The van der Waals surface area contributed by atoms with Gasteiger partial charge in [0.15, 0.2) is 0 Å². The number of benzene rings is 2. The Morgan fingerprint density at radius 3 is 2.52 bits per heavy atom. The van der Waals surface area contributed by atoms with Crippen molar-refractivity contribution in [3.05, 3.63) is 89.2 Å². The molecule has 0 aliphatic rings.